The van der Waals surface area contributed by atoms with Gasteiger partial charge in [-0.2, -0.15) is 0 Å². The summed E-state index contributed by atoms with van der Waals surface area (Å²) in [4.78, 5) is 27.2. The van der Waals surface area contributed by atoms with Crippen LogP contribution in [-0.2, 0) is 9.59 Å². The van der Waals surface area contributed by atoms with Gasteiger partial charge in [-0.3, -0.25) is 9.59 Å². The van der Waals surface area contributed by atoms with Gasteiger partial charge in [0.25, 0.3) is 11.8 Å². The van der Waals surface area contributed by atoms with Crippen LogP contribution < -0.4 is 15.0 Å². The molecule has 25 heavy (non-hydrogen) atoms. The third-order valence-corrected chi connectivity index (χ3v) is 4.55. The fourth-order valence-corrected chi connectivity index (χ4v) is 3.16. The molecule has 0 fully saturated rings. The Labute approximate surface area is 150 Å². The van der Waals surface area contributed by atoms with Crippen LogP contribution in [0.2, 0.25) is 0 Å². The minimum Gasteiger partial charge on any atom is -0.477 e. The van der Waals surface area contributed by atoms with Crippen molar-refractivity contribution in [3.8, 4) is 5.75 Å². The van der Waals surface area contributed by atoms with E-state index in [1.54, 1.807) is 23.4 Å². The number of hydrogen-bond acceptors (Lipinski definition) is 4. The van der Waals surface area contributed by atoms with Gasteiger partial charge < -0.3 is 15.0 Å². The number of carbonyl (C=O) groups excluding carboxylic acids is 2. The molecular weight excluding hydrogens is 336 g/mol. The predicted octanol–water partition coefficient (Wildman–Crippen LogP) is 2.83. The summed E-state index contributed by atoms with van der Waals surface area (Å²) in [6, 6.07) is 17.0. The highest BCUT2D eigenvalue weighted by molar-refractivity contribution is 8.02. The molecule has 2 aromatic carbocycles. The maximum absolute atomic E-state index is 12.6. The highest BCUT2D eigenvalue weighted by Crippen LogP contribution is 2.33. The number of fused-ring (bicyclic) bond motifs is 1. The zero-order chi connectivity index (χ0) is 17.6. The number of hydrogen-bond donors (Lipinski definition) is 1. The molecule has 5 nitrogen and oxygen atoms in total. The second-order valence-electron chi connectivity index (χ2n) is 5.37. The van der Waals surface area contributed by atoms with Crippen molar-refractivity contribution in [3.63, 3.8) is 0 Å². The summed E-state index contributed by atoms with van der Waals surface area (Å²) < 4.78 is 5.70. The van der Waals surface area contributed by atoms with Crippen LogP contribution in [0.25, 0.3) is 0 Å². The molecule has 2 aromatic rings. The van der Waals surface area contributed by atoms with Gasteiger partial charge in [0.2, 0.25) is 0 Å². The lowest BCUT2D eigenvalue weighted by Gasteiger charge is -2.33. The Hall–Kier alpha value is -2.73. The van der Waals surface area contributed by atoms with Crippen LogP contribution >= 0.6 is 11.8 Å². The van der Waals surface area contributed by atoms with Gasteiger partial charge in [-0.05, 0) is 29.7 Å². The van der Waals surface area contributed by atoms with E-state index >= 15 is 0 Å². The van der Waals surface area contributed by atoms with E-state index in [4.69, 9.17) is 4.74 Å². The van der Waals surface area contributed by atoms with Crippen LogP contribution in [0.4, 0.5) is 5.69 Å². The molecule has 0 spiro atoms. The van der Waals surface area contributed by atoms with E-state index in [2.05, 4.69) is 5.32 Å². The fraction of sp³-hybridized carbons (Fsp3) is 0.158. The Bertz CT molecular complexity index is 792. The van der Waals surface area contributed by atoms with E-state index in [1.807, 2.05) is 48.5 Å². The second-order valence-corrected chi connectivity index (χ2v) is 6.35. The molecule has 1 heterocycles. The van der Waals surface area contributed by atoms with E-state index in [0.29, 0.717) is 11.4 Å². The van der Waals surface area contributed by atoms with Gasteiger partial charge >= 0.3 is 0 Å². The first-order valence-corrected chi connectivity index (χ1v) is 8.74. The number of para-hydroxylation sites is 2. The van der Waals surface area contributed by atoms with Crippen molar-refractivity contribution in [2.45, 2.75) is 11.0 Å². The Morgan fingerprint density at radius 2 is 1.88 bits per heavy atom. The first-order chi connectivity index (χ1) is 12.2. The summed E-state index contributed by atoms with van der Waals surface area (Å²) in [5, 5.41) is 4.32. The van der Waals surface area contributed by atoms with Gasteiger partial charge in [0, 0.05) is 18.0 Å². The van der Waals surface area contributed by atoms with Crippen molar-refractivity contribution < 1.29 is 14.3 Å². The van der Waals surface area contributed by atoms with Crippen LogP contribution in [0.1, 0.15) is 0 Å². The van der Waals surface area contributed by atoms with Crippen molar-refractivity contribution in [1.82, 2.24) is 5.32 Å². The van der Waals surface area contributed by atoms with Crippen molar-refractivity contribution in [2.24, 2.45) is 0 Å². The van der Waals surface area contributed by atoms with Crippen molar-refractivity contribution in [2.75, 3.05) is 18.5 Å². The zero-order valence-electron chi connectivity index (χ0n) is 13.7. The minimum atomic E-state index is -0.723. The van der Waals surface area contributed by atoms with Crippen LogP contribution in [0.15, 0.2) is 71.0 Å². The van der Waals surface area contributed by atoms with Crippen molar-refractivity contribution in [3.05, 3.63) is 66.1 Å². The van der Waals surface area contributed by atoms with Gasteiger partial charge in [0.1, 0.15) is 5.75 Å². The van der Waals surface area contributed by atoms with Crippen molar-refractivity contribution >= 4 is 29.3 Å². The number of benzene rings is 2. The summed E-state index contributed by atoms with van der Waals surface area (Å²) >= 11 is 1.47. The highest BCUT2D eigenvalue weighted by Gasteiger charge is 2.32. The maximum Gasteiger partial charge on any atom is 0.262 e. The molecule has 0 aromatic heterocycles. The zero-order valence-corrected chi connectivity index (χ0v) is 14.5. The summed E-state index contributed by atoms with van der Waals surface area (Å²) in [6.07, 6.45) is 0.791. The second kappa shape index (κ2) is 7.90. The van der Waals surface area contributed by atoms with Crippen LogP contribution in [0.5, 0.6) is 5.75 Å². The Morgan fingerprint density at radius 3 is 2.64 bits per heavy atom. The van der Waals surface area contributed by atoms with Crippen LogP contribution in [0, 0.1) is 0 Å². The van der Waals surface area contributed by atoms with Crippen LogP contribution in [-0.4, -0.2) is 31.5 Å². The van der Waals surface area contributed by atoms with E-state index in [0.717, 1.165) is 4.90 Å². The number of ether oxygens (including phenoxy) is 1. The molecule has 1 N–H and O–H groups in total. The number of rotatable bonds is 4. The number of nitrogens with one attached hydrogen (secondary N) is 1. The third kappa shape index (κ3) is 4.03. The SMILES string of the molecule is CNC(=O)[C@H]1CN(C(=O)/C=C/Sc2ccccc2)c2ccccc2O1. The largest absolute Gasteiger partial charge is 0.477 e. The van der Waals surface area contributed by atoms with Crippen LogP contribution in [0.3, 0.4) is 0 Å². The number of thioether (sulfide) groups is 1. The van der Waals surface area contributed by atoms with E-state index in [1.165, 1.54) is 17.8 Å². The van der Waals surface area contributed by atoms with Gasteiger partial charge in [0.15, 0.2) is 6.10 Å². The van der Waals surface area contributed by atoms with Crippen molar-refractivity contribution in [1.29, 1.82) is 0 Å². The molecule has 2 amide bonds. The molecule has 0 radical (unpaired) electrons. The molecule has 1 aliphatic rings. The molecule has 6 heteroatoms. The Kier molecular flexibility index (Phi) is 5.40. The first kappa shape index (κ1) is 17.1. The van der Waals surface area contributed by atoms with E-state index in [-0.39, 0.29) is 18.4 Å². The number of nitrogens with zero attached hydrogens (tertiary/aromatic N) is 1. The molecule has 128 valence electrons. The molecule has 1 aliphatic heterocycles. The molecular formula is C19H18N2O3S. The standard InChI is InChI=1S/C19H18N2O3S/c1-20-19(23)17-13-21(15-9-5-6-10-16(15)24-17)18(22)11-12-25-14-7-3-2-4-8-14/h2-12,17H,13H2,1H3,(H,20,23)/b12-11+/t17-/m1/s1. The topological polar surface area (TPSA) is 58.6 Å². The normalized spacial score (nSPS) is 16.2. The molecule has 0 bridgehead atoms. The number of amides is 2. The molecule has 1 atom stereocenters. The van der Waals surface area contributed by atoms with E-state index in [9.17, 15) is 9.59 Å². The minimum absolute atomic E-state index is 0.176. The number of anilines is 1. The van der Waals surface area contributed by atoms with E-state index < -0.39 is 6.10 Å². The molecule has 3 rings (SSSR count). The summed E-state index contributed by atoms with van der Waals surface area (Å²) in [5.74, 6) is 0.0860. The molecule has 0 saturated carbocycles. The van der Waals surface area contributed by atoms with Gasteiger partial charge in [-0.15, -0.1) is 0 Å². The Morgan fingerprint density at radius 1 is 1.16 bits per heavy atom. The quantitative estimate of drug-likeness (QED) is 0.678. The summed E-state index contributed by atoms with van der Waals surface area (Å²) in [7, 11) is 1.55. The third-order valence-electron chi connectivity index (χ3n) is 3.74. The maximum atomic E-state index is 12.6. The lowest BCUT2D eigenvalue weighted by atomic mass is 10.1. The monoisotopic (exact) mass is 354 g/mol. The average molecular weight is 354 g/mol. The lowest BCUT2D eigenvalue weighted by Crippen LogP contribution is -2.49. The Balaban J connectivity index is 1.77. The van der Waals surface area contributed by atoms with Gasteiger partial charge in [-0.25, -0.2) is 0 Å². The molecule has 0 saturated heterocycles. The van der Waals surface area contributed by atoms with Gasteiger partial charge in [0.05, 0.1) is 12.2 Å². The predicted molar refractivity (Wildman–Crippen MR) is 98.7 cm³/mol. The molecule has 0 aliphatic carbocycles. The fourth-order valence-electron chi connectivity index (χ4n) is 2.50. The molecule has 0 unspecified atom stereocenters. The lowest BCUT2D eigenvalue weighted by molar-refractivity contribution is -0.127. The number of carbonyl (C=O) groups is 2. The van der Waals surface area contributed by atoms with Gasteiger partial charge in [-0.1, -0.05) is 42.1 Å². The number of likely N-dealkylation sites (N-methyl/N-ethyl adjacent to an activating group) is 1. The first-order valence-electron chi connectivity index (χ1n) is 7.86. The highest BCUT2D eigenvalue weighted by atomic mass is 32.2. The average Bonchev–Trinajstić information content (AvgIpc) is 2.67. The smallest absolute Gasteiger partial charge is 0.262 e. The summed E-state index contributed by atoms with van der Waals surface area (Å²) in [6.45, 7) is 0.176. The summed E-state index contributed by atoms with van der Waals surface area (Å²) in [5.41, 5.74) is 0.669.